The Hall–Kier alpha value is -0.870. The highest BCUT2D eigenvalue weighted by Crippen LogP contribution is 2.23. The molecule has 0 N–H and O–H groups in total. The summed E-state index contributed by atoms with van der Waals surface area (Å²) in [4.78, 5) is 8.85. The van der Waals surface area contributed by atoms with Crippen LogP contribution in [0.5, 0.6) is 0 Å². The molecule has 1 saturated heterocycles. The van der Waals surface area contributed by atoms with Gasteiger partial charge in [0.25, 0.3) is 0 Å². The van der Waals surface area contributed by atoms with Crippen molar-refractivity contribution in [2.45, 2.75) is 32.2 Å². The Kier molecular flexibility index (Phi) is 4.31. The van der Waals surface area contributed by atoms with Crippen molar-refractivity contribution in [3.05, 3.63) is 23.6 Å². The molecule has 5 heteroatoms. The summed E-state index contributed by atoms with van der Waals surface area (Å²) in [5, 5.41) is 0. The van der Waals surface area contributed by atoms with Crippen LogP contribution in [0.2, 0.25) is 0 Å². The van der Waals surface area contributed by atoms with E-state index in [4.69, 9.17) is 11.6 Å². The molecule has 1 aromatic heterocycles. The van der Waals surface area contributed by atoms with E-state index in [-0.39, 0.29) is 11.4 Å². The molecule has 0 aliphatic carbocycles. The van der Waals surface area contributed by atoms with Crippen molar-refractivity contribution >= 4 is 17.4 Å². The normalized spacial score (nSPS) is 17.8. The van der Waals surface area contributed by atoms with Crippen LogP contribution in [0.3, 0.4) is 0 Å². The number of piperazine rings is 1. The van der Waals surface area contributed by atoms with E-state index in [1.54, 1.807) is 0 Å². The maximum Gasteiger partial charge on any atom is 0.141 e. The van der Waals surface area contributed by atoms with Gasteiger partial charge in [-0.15, -0.1) is 11.6 Å². The average molecular weight is 286 g/mol. The molecule has 2 rings (SSSR count). The fourth-order valence-electron chi connectivity index (χ4n) is 2.45. The summed E-state index contributed by atoms with van der Waals surface area (Å²) in [5.41, 5.74) is 0.961. The van der Waals surface area contributed by atoms with Crippen molar-refractivity contribution < 1.29 is 4.39 Å². The highest BCUT2D eigenvalue weighted by Gasteiger charge is 2.27. The molecule has 1 aliphatic rings. The number of rotatable bonds is 2. The summed E-state index contributed by atoms with van der Waals surface area (Å²) in [6.07, 6.45) is 1.27. The number of hydrogen-bond donors (Lipinski definition) is 0. The molecule has 1 aromatic rings. The van der Waals surface area contributed by atoms with Gasteiger partial charge >= 0.3 is 0 Å². The van der Waals surface area contributed by atoms with Crippen LogP contribution >= 0.6 is 11.6 Å². The predicted molar refractivity (Wildman–Crippen MR) is 77.3 cm³/mol. The third kappa shape index (κ3) is 3.37. The number of pyridine rings is 1. The lowest BCUT2D eigenvalue weighted by Gasteiger charge is -2.42. The Morgan fingerprint density at radius 1 is 1.26 bits per heavy atom. The van der Waals surface area contributed by atoms with Crippen LogP contribution in [0.15, 0.2) is 12.3 Å². The molecule has 0 amide bonds. The van der Waals surface area contributed by atoms with E-state index in [0.29, 0.717) is 5.88 Å². The molecule has 0 bridgehead atoms. The van der Waals surface area contributed by atoms with Gasteiger partial charge in [0, 0.05) is 37.3 Å². The molecule has 106 valence electrons. The molecule has 1 fully saturated rings. The summed E-state index contributed by atoms with van der Waals surface area (Å²) in [6, 6.07) is 1.48. The van der Waals surface area contributed by atoms with Crippen molar-refractivity contribution in [3.8, 4) is 0 Å². The van der Waals surface area contributed by atoms with Crippen LogP contribution in [0.25, 0.3) is 0 Å². The van der Waals surface area contributed by atoms with Crippen LogP contribution < -0.4 is 4.90 Å². The van der Waals surface area contributed by atoms with Crippen LogP contribution in [0.4, 0.5) is 10.2 Å². The zero-order chi connectivity index (χ0) is 14.0. The smallest absolute Gasteiger partial charge is 0.141 e. The molecule has 0 aromatic carbocycles. The predicted octanol–water partition coefficient (Wildman–Crippen LogP) is 2.88. The number of hydrogen-bond acceptors (Lipinski definition) is 3. The Labute approximate surface area is 119 Å². The second-order valence-corrected chi connectivity index (χ2v) is 6.18. The molecule has 3 nitrogen and oxygen atoms in total. The lowest BCUT2D eigenvalue weighted by Crippen LogP contribution is -2.53. The lowest BCUT2D eigenvalue weighted by atomic mass is 10.0. The van der Waals surface area contributed by atoms with Gasteiger partial charge < -0.3 is 4.90 Å². The second kappa shape index (κ2) is 5.63. The van der Waals surface area contributed by atoms with Gasteiger partial charge in [0.05, 0.1) is 12.1 Å². The van der Waals surface area contributed by atoms with Gasteiger partial charge in [0.1, 0.15) is 11.6 Å². The molecular formula is C14H21ClFN3. The molecule has 0 spiro atoms. The second-order valence-electron chi connectivity index (χ2n) is 5.91. The first kappa shape index (κ1) is 14.5. The summed E-state index contributed by atoms with van der Waals surface area (Å²) >= 11 is 5.88. The first-order valence-electron chi connectivity index (χ1n) is 6.62. The van der Waals surface area contributed by atoms with Gasteiger partial charge in [-0.1, -0.05) is 0 Å². The Bertz CT molecular complexity index is 437. The molecule has 0 unspecified atom stereocenters. The fourth-order valence-corrected chi connectivity index (χ4v) is 2.64. The summed E-state index contributed by atoms with van der Waals surface area (Å²) in [7, 11) is 0. The SMILES string of the molecule is CC(C)(C)N1CCN(c2ncc(F)cc2CCl)CC1. The first-order valence-corrected chi connectivity index (χ1v) is 7.15. The fraction of sp³-hybridized carbons (Fsp3) is 0.643. The molecular weight excluding hydrogens is 265 g/mol. The Balaban J connectivity index is 2.10. The Morgan fingerprint density at radius 3 is 2.42 bits per heavy atom. The van der Waals surface area contributed by atoms with Crippen molar-refractivity contribution in [2.24, 2.45) is 0 Å². The quantitative estimate of drug-likeness (QED) is 0.779. The van der Waals surface area contributed by atoms with E-state index in [0.717, 1.165) is 37.6 Å². The molecule has 0 saturated carbocycles. The summed E-state index contributed by atoms with van der Waals surface area (Å²) in [5.74, 6) is 0.789. The van der Waals surface area contributed by atoms with E-state index in [1.165, 1.54) is 12.3 Å². The maximum atomic E-state index is 13.2. The Morgan fingerprint density at radius 2 is 1.89 bits per heavy atom. The lowest BCUT2D eigenvalue weighted by molar-refractivity contribution is 0.128. The van der Waals surface area contributed by atoms with Gasteiger partial charge in [-0.25, -0.2) is 9.37 Å². The zero-order valence-corrected chi connectivity index (χ0v) is 12.5. The highest BCUT2D eigenvalue weighted by atomic mass is 35.5. The van der Waals surface area contributed by atoms with Crippen LogP contribution in [0, 0.1) is 5.82 Å². The average Bonchev–Trinajstić information content (AvgIpc) is 2.37. The standard InChI is InChI=1S/C14H21ClFN3/c1-14(2,3)19-6-4-18(5-7-19)13-11(9-15)8-12(16)10-17-13/h8,10H,4-7,9H2,1-3H3. The summed E-state index contributed by atoms with van der Waals surface area (Å²) in [6.45, 7) is 10.5. The topological polar surface area (TPSA) is 19.4 Å². The van der Waals surface area contributed by atoms with Crippen LogP contribution in [-0.4, -0.2) is 41.6 Å². The van der Waals surface area contributed by atoms with Gasteiger partial charge in [0.2, 0.25) is 0 Å². The van der Waals surface area contributed by atoms with E-state index < -0.39 is 0 Å². The zero-order valence-electron chi connectivity index (χ0n) is 11.8. The third-order valence-corrected chi connectivity index (χ3v) is 3.87. The number of aromatic nitrogens is 1. The molecule has 1 aliphatic heterocycles. The minimum absolute atomic E-state index is 0.192. The largest absolute Gasteiger partial charge is 0.354 e. The van der Waals surface area contributed by atoms with Crippen LogP contribution in [0.1, 0.15) is 26.3 Å². The van der Waals surface area contributed by atoms with Crippen molar-refractivity contribution in [1.29, 1.82) is 0 Å². The van der Waals surface area contributed by atoms with E-state index in [9.17, 15) is 4.39 Å². The van der Waals surface area contributed by atoms with Gasteiger partial charge in [-0.3, -0.25) is 4.90 Å². The number of alkyl halides is 1. The van der Waals surface area contributed by atoms with Crippen molar-refractivity contribution in [1.82, 2.24) is 9.88 Å². The van der Waals surface area contributed by atoms with Crippen molar-refractivity contribution in [3.63, 3.8) is 0 Å². The minimum atomic E-state index is -0.326. The summed E-state index contributed by atoms with van der Waals surface area (Å²) < 4.78 is 13.2. The molecule has 19 heavy (non-hydrogen) atoms. The van der Waals surface area contributed by atoms with Gasteiger partial charge in [-0.2, -0.15) is 0 Å². The van der Waals surface area contributed by atoms with Gasteiger partial charge in [0.15, 0.2) is 0 Å². The van der Waals surface area contributed by atoms with E-state index in [2.05, 4.69) is 35.6 Å². The molecule has 0 atom stereocenters. The monoisotopic (exact) mass is 285 g/mol. The van der Waals surface area contributed by atoms with Crippen LogP contribution in [-0.2, 0) is 5.88 Å². The number of nitrogens with zero attached hydrogens (tertiary/aromatic N) is 3. The third-order valence-electron chi connectivity index (χ3n) is 3.58. The van der Waals surface area contributed by atoms with Crippen molar-refractivity contribution in [2.75, 3.05) is 31.1 Å². The molecule has 0 radical (unpaired) electrons. The number of halogens is 2. The number of anilines is 1. The van der Waals surface area contributed by atoms with E-state index in [1.807, 2.05) is 0 Å². The van der Waals surface area contributed by atoms with E-state index >= 15 is 0 Å². The van der Waals surface area contributed by atoms with Gasteiger partial charge in [-0.05, 0) is 26.8 Å². The maximum absolute atomic E-state index is 13.2. The first-order chi connectivity index (χ1) is 8.91. The minimum Gasteiger partial charge on any atom is -0.354 e. The molecule has 2 heterocycles. The highest BCUT2D eigenvalue weighted by molar-refractivity contribution is 6.17.